The maximum atomic E-state index is 14.2. The second kappa shape index (κ2) is 7.67. The van der Waals surface area contributed by atoms with Crippen LogP contribution >= 0.6 is 15.9 Å². The standard InChI is InChI=1S/C14H22BrFN2O2S/c1-4-10(5-2)9(3)18-21(19,20)13-7-12(15)6-11(8-17)14(13)16/h6-7,9-10,18H,4-5,8,17H2,1-3H3. The summed E-state index contributed by atoms with van der Waals surface area (Å²) in [6, 6.07) is 2.49. The first-order valence-corrected chi connectivity index (χ1v) is 9.24. The Balaban J connectivity index is 3.17. The molecule has 120 valence electrons. The lowest BCUT2D eigenvalue weighted by molar-refractivity contribution is 0.390. The van der Waals surface area contributed by atoms with Crippen molar-refractivity contribution in [1.29, 1.82) is 0 Å². The molecule has 1 rings (SSSR count). The number of benzene rings is 1. The van der Waals surface area contributed by atoms with E-state index in [-0.39, 0.29) is 29.0 Å². The van der Waals surface area contributed by atoms with Gasteiger partial charge in [0.15, 0.2) is 0 Å². The van der Waals surface area contributed by atoms with Crippen LogP contribution in [0.4, 0.5) is 4.39 Å². The number of sulfonamides is 1. The van der Waals surface area contributed by atoms with Crippen molar-refractivity contribution in [1.82, 2.24) is 4.72 Å². The van der Waals surface area contributed by atoms with Crippen molar-refractivity contribution in [3.8, 4) is 0 Å². The Labute approximate surface area is 134 Å². The van der Waals surface area contributed by atoms with Crippen molar-refractivity contribution in [2.45, 2.75) is 51.1 Å². The molecule has 0 aliphatic carbocycles. The molecule has 1 unspecified atom stereocenters. The van der Waals surface area contributed by atoms with Gasteiger partial charge in [0.05, 0.1) is 0 Å². The smallest absolute Gasteiger partial charge is 0.243 e. The molecule has 3 N–H and O–H groups in total. The lowest BCUT2D eigenvalue weighted by Gasteiger charge is -2.22. The lowest BCUT2D eigenvalue weighted by atomic mass is 9.96. The van der Waals surface area contributed by atoms with Gasteiger partial charge in [-0.15, -0.1) is 0 Å². The second-order valence-electron chi connectivity index (χ2n) is 5.07. The fourth-order valence-corrected chi connectivity index (χ4v) is 4.48. The van der Waals surface area contributed by atoms with Crippen LogP contribution in [-0.4, -0.2) is 14.5 Å². The van der Waals surface area contributed by atoms with E-state index in [2.05, 4.69) is 20.7 Å². The average Bonchev–Trinajstić information content (AvgIpc) is 2.41. The molecule has 1 atom stereocenters. The van der Waals surface area contributed by atoms with E-state index in [0.29, 0.717) is 4.47 Å². The summed E-state index contributed by atoms with van der Waals surface area (Å²) < 4.78 is 42.1. The van der Waals surface area contributed by atoms with Crippen molar-refractivity contribution in [2.75, 3.05) is 0 Å². The summed E-state index contributed by atoms with van der Waals surface area (Å²) in [6.07, 6.45) is 1.71. The zero-order valence-electron chi connectivity index (χ0n) is 12.5. The first-order valence-electron chi connectivity index (χ1n) is 6.97. The Morgan fingerprint density at radius 3 is 2.38 bits per heavy atom. The van der Waals surface area contributed by atoms with Gasteiger partial charge >= 0.3 is 0 Å². The molecule has 0 spiro atoms. The summed E-state index contributed by atoms with van der Waals surface area (Å²) >= 11 is 3.19. The summed E-state index contributed by atoms with van der Waals surface area (Å²) in [7, 11) is -3.92. The third-order valence-electron chi connectivity index (χ3n) is 3.69. The largest absolute Gasteiger partial charge is 0.326 e. The number of halogens is 2. The predicted molar refractivity (Wildman–Crippen MR) is 85.8 cm³/mol. The normalized spacial score (nSPS) is 13.7. The molecule has 0 aromatic heterocycles. The van der Waals surface area contributed by atoms with Gasteiger partial charge in [-0.25, -0.2) is 17.5 Å². The van der Waals surface area contributed by atoms with Gasteiger partial charge in [-0.2, -0.15) is 0 Å². The first kappa shape index (κ1) is 18.5. The van der Waals surface area contributed by atoms with Crippen LogP contribution in [0.2, 0.25) is 0 Å². The monoisotopic (exact) mass is 380 g/mol. The zero-order valence-corrected chi connectivity index (χ0v) is 14.9. The van der Waals surface area contributed by atoms with Crippen LogP contribution in [0.1, 0.15) is 39.2 Å². The van der Waals surface area contributed by atoms with Gasteiger partial charge < -0.3 is 5.73 Å². The quantitative estimate of drug-likeness (QED) is 0.762. The van der Waals surface area contributed by atoms with Crippen molar-refractivity contribution in [2.24, 2.45) is 11.7 Å². The van der Waals surface area contributed by atoms with Crippen molar-refractivity contribution >= 4 is 26.0 Å². The minimum atomic E-state index is -3.92. The van der Waals surface area contributed by atoms with Crippen LogP contribution in [0.15, 0.2) is 21.5 Å². The number of hydrogen-bond acceptors (Lipinski definition) is 3. The van der Waals surface area contributed by atoms with Crippen LogP contribution in [0.3, 0.4) is 0 Å². The minimum Gasteiger partial charge on any atom is -0.326 e. The van der Waals surface area contributed by atoms with Crippen molar-refractivity contribution in [3.05, 3.63) is 28.0 Å². The SMILES string of the molecule is CCC(CC)C(C)NS(=O)(=O)c1cc(Br)cc(CN)c1F. The van der Waals surface area contributed by atoms with Crippen LogP contribution in [0.25, 0.3) is 0 Å². The van der Waals surface area contributed by atoms with Gasteiger partial charge in [-0.3, -0.25) is 0 Å². The highest BCUT2D eigenvalue weighted by Crippen LogP contribution is 2.25. The molecule has 0 saturated carbocycles. The summed E-state index contributed by atoms with van der Waals surface area (Å²) in [5.74, 6) is -0.575. The fourth-order valence-electron chi connectivity index (χ4n) is 2.36. The maximum absolute atomic E-state index is 14.2. The van der Waals surface area contributed by atoms with E-state index in [9.17, 15) is 12.8 Å². The van der Waals surface area contributed by atoms with E-state index in [1.165, 1.54) is 12.1 Å². The lowest BCUT2D eigenvalue weighted by Crippen LogP contribution is -2.38. The molecule has 4 nitrogen and oxygen atoms in total. The van der Waals surface area contributed by atoms with Crippen molar-refractivity contribution in [3.63, 3.8) is 0 Å². The van der Waals surface area contributed by atoms with Crippen LogP contribution in [-0.2, 0) is 16.6 Å². The van der Waals surface area contributed by atoms with Crippen molar-refractivity contribution < 1.29 is 12.8 Å². The molecule has 0 amide bonds. The van der Waals surface area contributed by atoms with Crippen LogP contribution < -0.4 is 10.5 Å². The molecule has 7 heteroatoms. The molecular formula is C14H22BrFN2O2S. The van der Waals surface area contributed by atoms with Crippen LogP contribution in [0.5, 0.6) is 0 Å². The summed E-state index contributed by atoms with van der Waals surface area (Å²) in [5, 5.41) is 0. The molecule has 0 bridgehead atoms. The third-order valence-corrected chi connectivity index (χ3v) is 5.70. The Bertz CT molecular complexity index is 589. The highest BCUT2D eigenvalue weighted by molar-refractivity contribution is 9.10. The molecule has 0 fully saturated rings. The molecule has 0 aliphatic rings. The van der Waals surface area contributed by atoms with Gasteiger partial charge in [0.2, 0.25) is 10.0 Å². The Hall–Kier alpha value is -0.500. The molecule has 0 radical (unpaired) electrons. The zero-order chi connectivity index (χ0) is 16.2. The van der Waals surface area contributed by atoms with E-state index < -0.39 is 15.8 Å². The average molecular weight is 381 g/mol. The molecule has 1 aromatic rings. The molecule has 0 aliphatic heterocycles. The van der Waals surface area contributed by atoms with E-state index in [1.807, 2.05) is 13.8 Å². The predicted octanol–water partition coefficient (Wildman–Crippen LogP) is 3.15. The van der Waals surface area contributed by atoms with E-state index in [4.69, 9.17) is 5.73 Å². The number of nitrogens with two attached hydrogens (primary N) is 1. The number of hydrogen-bond donors (Lipinski definition) is 2. The highest BCUT2D eigenvalue weighted by Gasteiger charge is 2.26. The number of rotatable bonds is 7. The summed E-state index contributed by atoms with van der Waals surface area (Å²) in [5.41, 5.74) is 5.61. The second-order valence-corrected chi connectivity index (χ2v) is 7.67. The van der Waals surface area contributed by atoms with Gasteiger partial charge in [0, 0.05) is 22.6 Å². The Morgan fingerprint density at radius 2 is 1.90 bits per heavy atom. The van der Waals surface area contributed by atoms with E-state index in [1.54, 1.807) is 6.92 Å². The van der Waals surface area contributed by atoms with Gasteiger partial charge in [0.25, 0.3) is 0 Å². The fraction of sp³-hybridized carbons (Fsp3) is 0.571. The minimum absolute atomic E-state index is 0.0596. The maximum Gasteiger partial charge on any atom is 0.243 e. The third kappa shape index (κ3) is 4.48. The molecule has 21 heavy (non-hydrogen) atoms. The van der Waals surface area contributed by atoms with Gasteiger partial charge in [-0.1, -0.05) is 42.6 Å². The summed E-state index contributed by atoms with van der Waals surface area (Å²) in [6.45, 7) is 5.75. The van der Waals surface area contributed by atoms with E-state index >= 15 is 0 Å². The highest BCUT2D eigenvalue weighted by atomic mass is 79.9. The van der Waals surface area contributed by atoms with E-state index in [0.717, 1.165) is 12.8 Å². The topological polar surface area (TPSA) is 72.2 Å². The molecular weight excluding hydrogens is 359 g/mol. The molecule has 0 heterocycles. The number of nitrogens with one attached hydrogen (secondary N) is 1. The van der Waals surface area contributed by atoms with Gasteiger partial charge in [0.1, 0.15) is 10.7 Å². The Kier molecular flexibility index (Phi) is 6.77. The molecule has 0 saturated heterocycles. The molecule has 1 aromatic carbocycles. The Morgan fingerprint density at radius 1 is 1.33 bits per heavy atom. The van der Waals surface area contributed by atoms with Gasteiger partial charge in [-0.05, 0) is 25.0 Å². The first-order chi connectivity index (χ1) is 9.76. The van der Waals surface area contributed by atoms with Crippen LogP contribution in [0, 0.1) is 11.7 Å². The summed E-state index contributed by atoms with van der Waals surface area (Å²) in [4.78, 5) is -0.366.